The molecule has 0 aromatic heterocycles. The van der Waals surface area contributed by atoms with Crippen LogP contribution in [-0.4, -0.2) is 62.3 Å². The molecule has 0 radical (unpaired) electrons. The van der Waals surface area contributed by atoms with Gasteiger partial charge in [0.05, 0.1) is 22.1 Å². The van der Waals surface area contributed by atoms with Crippen LogP contribution in [0.2, 0.25) is 5.02 Å². The van der Waals surface area contributed by atoms with E-state index in [0.29, 0.717) is 10.6 Å². The van der Waals surface area contributed by atoms with Crippen molar-refractivity contribution in [2.45, 2.75) is 4.90 Å². The molecule has 0 N–H and O–H groups in total. The van der Waals surface area contributed by atoms with E-state index in [1.54, 1.807) is 12.1 Å². The number of esters is 1. The third kappa shape index (κ3) is 4.97. The predicted octanol–water partition coefficient (Wildman–Crippen LogP) is 1.90. The molecule has 1 heterocycles. The van der Waals surface area contributed by atoms with Gasteiger partial charge in [0.25, 0.3) is 5.91 Å². The second kappa shape index (κ2) is 9.26. The van der Waals surface area contributed by atoms with Crippen molar-refractivity contribution in [1.29, 1.82) is 5.26 Å². The Kier molecular flexibility index (Phi) is 6.72. The number of nitriles is 1. The number of sulfonamides is 1. The molecule has 0 spiro atoms. The van der Waals surface area contributed by atoms with Gasteiger partial charge in [-0.1, -0.05) is 17.7 Å². The van der Waals surface area contributed by atoms with Crippen LogP contribution >= 0.6 is 11.6 Å². The molecule has 10 heteroatoms. The average Bonchev–Trinajstić information content (AvgIpc) is 2.77. The zero-order valence-electron chi connectivity index (χ0n) is 15.8. The van der Waals surface area contributed by atoms with Gasteiger partial charge in [-0.2, -0.15) is 9.57 Å². The van der Waals surface area contributed by atoms with Gasteiger partial charge in [0.2, 0.25) is 10.0 Å². The molecule has 0 saturated carbocycles. The Balaban J connectivity index is 1.53. The molecule has 156 valence electrons. The summed E-state index contributed by atoms with van der Waals surface area (Å²) in [6.45, 7) is 0.184. The van der Waals surface area contributed by atoms with Gasteiger partial charge < -0.3 is 9.64 Å². The average molecular weight is 448 g/mol. The van der Waals surface area contributed by atoms with Crippen molar-refractivity contribution in [2.24, 2.45) is 0 Å². The summed E-state index contributed by atoms with van der Waals surface area (Å²) in [6, 6.07) is 13.8. The highest BCUT2D eigenvalue weighted by molar-refractivity contribution is 7.89. The summed E-state index contributed by atoms with van der Waals surface area (Å²) < 4.78 is 31.7. The van der Waals surface area contributed by atoms with E-state index in [2.05, 4.69) is 0 Å². The summed E-state index contributed by atoms with van der Waals surface area (Å²) in [4.78, 5) is 26.0. The smallest absolute Gasteiger partial charge is 0.338 e. The fourth-order valence-electron chi connectivity index (χ4n) is 2.95. The zero-order chi connectivity index (χ0) is 21.7. The lowest BCUT2D eigenvalue weighted by molar-refractivity contribution is -0.135. The van der Waals surface area contributed by atoms with Crippen LogP contribution in [0.25, 0.3) is 0 Å². The van der Waals surface area contributed by atoms with Crippen LogP contribution in [0.1, 0.15) is 15.9 Å². The fourth-order valence-corrected chi connectivity index (χ4v) is 4.50. The van der Waals surface area contributed by atoms with Crippen molar-refractivity contribution in [3.63, 3.8) is 0 Å². The number of rotatable bonds is 5. The molecule has 0 bridgehead atoms. The van der Waals surface area contributed by atoms with Crippen LogP contribution in [0, 0.1) is 11.3 Å². The van der Waals surface area contributed by atoms with Crippen molar-refractivity contribution in [3.05, 3.63) is 64.7 Å². The zero-order valence-corrected chi connectivity index (χ0v) is 17.4. The lowest BCUT2D eigenvalue weighted by Crippen LogP contribution is -2.51. The molecule has 2 aromatic carbocycles. The number of nitrogens with zero attached hydrogens (tertiary/aromatic N) is 3. The minimum absolute atomic E-state index is 0.134. The van der Waals surface area contributed by atoms with Gasteiger partial charge in [0, 0.05) is 31.2 Å². The number of benzene rings is 2. The summed E-state index contributed by atoms with van der Waals surface area (Å²) in [5.74, 6) is -1.12. The van der Waals surface area contributed by atoms with Gasteiger partial charge in [-0.15, -0.1) is 0 Å². The first-order valence-electron chi connectivity index (χ1n) is 9.02. The van der Waals surface area contributed by atoms with Crippen LogP contribution in [0.3, 0.4) is 0 Å². The van der Waals surface area contributed by atoms with Gasteiger partial charge in [-0.3, -0.25) is 4.79 Å². The van der Waals surface area contributed by atoms with E-state index in [0.717, 1.165) is 0 Å². The van der Waals surface area contributed by atoms with Gasteiger partial charge in [-0.05, 0) is 42.5 Å². The highest BCUT2D eigenvalue weighted by atomic mass is 35.5. The number of amides is 1. The number of halogens is 1. The normalized spacial score (nSPS) is 14.7. The van der Waals surface area contributed by atoms with E-state index in [4.69, 9.17) is 21.6 Å². The molecule has 0 unspecified atom stereocenters. The molecular formula is C20H18ClN3O5S. The molecule has 3 rings (SSSR count). The summed E-state index contributed by atoms with van der Waals surface area (Å²) >= 11 is 5.81. The Morgan fingerprint density at radius 2 is 1.73 bits per heavy atom. The van der Waals surface area contributed by atoms with Gasteiger partial charge >= 0.3 is 5.97 Å². The topological polar surface area (TPSA) is 108 Å². The van der Waals surface area contributed by atoms with Crippen molar-refractivity contribution < 1.29 is 22.7 Å². The number of ether oxygens (including phenoxy) is 1. The van der Waals surface area contributed by atoms with Crippen LogP contribution in [0.15, 0.2) is 53.4 Å². The van der Waals surface area contributed by atoms with Crippen LogP contribution in [-0.2, 0) is 19.6 Å². The number of hydrogen-bond donors (Lipinski definition) is 0. The van der Waals surface area contributed by atoms with E-state index >= 15 is 0 Å². The Morgan fingerprint density at radius 3 is 2.37 bits per heavy atom. The lowest BCUT2D eigenvalue weighted by atomic mass is 10.1. The molecule has 1 fully saturated rings. The Morgan fingerprint density at radius 1 is 1.07 bits per heavy atom. The van der Waals surface area contributed by atoms with Crippen molar-refractivity contribution in [3.8, 4) is 6.07 Å². The van der Waals surface area contributed by atoms with E-state index in [1.165, 1.54) is 45.6 Å². The van der Waals surface area contributed by atoms with E-state index in [-0.39, 0.29) is 36.6 Å². The molecule has 2 aromatic rings. The molecule has 1 saturated heterocycles. The standard InChI is InChI=1S/C20H18ClN3O5S/c21-17-4-6-18(7-5-17)30(27,28)24-10-8-23(9-11-24)19(25)14-29-20(26)16-3-1-2-15(12-16)13-22/h1-7,12H,8-11,14H2. The van der Waals surface area contributed by atoms with Gasteiger partial charge in [0.15, 0.2) is 6.61 Å². The summed E-state index contributed by atoms with van der Waals surface area (Å²) in [5, 5.41) is 9.32. The maximum atomic E-state index is 12.7. The summed E-state index contributed by atoms with van der Waals surface area (Å²) in [6.07, 6.45) is 0. The molecule has 1 aliphatic rings. The third-order valence-corrected chi connectivity index (χ3v) is 6.76. The molecule has 1 aliphatic heterocycles. The van der Waals surface area contributed by atoms with Crippen LogP contribution < -0.4 is 0 Å². The van der Waals surface area contributed by atoms with Gasteiger partial charge in [-0.25, -0.2) is 13.2 Å². The highest BCUT2D eigenvalue weighted by Crippen LogP contribution is 2.20. The molecular weight excluding hydrogens is 430 g/mol. The Labute approximate surface area is 179 Å². The molecule has 0 atom stereocenters. The first-order valence-corrected chi connectivity index (χ1v) is 10.8. The molecule has 0 aliphatic carbocycles. The largest absolute Gasteiger partial charge is 0.452 e. The maximum Gasteiger partial charge on any atom is 0.338 e. The predicted molar refractivity (Wildman–Crippen MR) is 108 cm³/mol. The number of piperazine rings is 1. The van der Waals surface area contributed by atoms with Crippen LogP contribution in [0.4, 0.5) is 0 Å². The minimum atomic E-state index is -3.67. The van der Waals surface area contributed by atoms with E-state index in [1.807, 2.05) is 6.07 Å². The quantitative estimate of drug-likeness (QED) is 0.648. The Bertz CT molecular complexity index is 1090. The maximum absolute atomic E-state index is 12.7. The lowest BCUT2D eigenvalue weighted by Gasteiger charge is -2.33. The molecule has 30 heavy (non-hydrogen) atoms. The second-order valence-corrected chi connectivity index (χ2v) is 8.88. The van der Waals surface area contributed by atoms with E-state index < -0.39 is 28.5 Å². The second-order valence-electron chi connectivity index (χ2n) is 6.51. The highest BCUT2D eigenvalue weighted by Gasteiger charge is 2.30. The van der Waals surface area contributed by atoms with Crippen LogP contribution in [0.5, 0.6) is 0 Å². The Hall–Kier alpha value is -2.93. The van der Waals surface area contributed by atoms with Crippen molar-refractivity contribution in [2.75, 3.05) is 32.8 Å². The first kappa shape index (κ1) is 21.8. The SMILES string of the molecule is N#Cc1cccc(C(=O)OCC(=O)N2CCN(S(=O)(=O)c3ccc(Cl)cc3)CC2)c1. The number of carbonyl (C=O) groups is 2. The first-order chi connectivity index (χ1) is 14.3. The van der Waals surface area contributed by atoms with E-state index in [9.17, 15) is 18.0 Å². The van der Waals surface area contributed by atoms with Gasteiger partial charge in [0.1, 0.15) is 0 Å². The third-order valence-electron chi connectivity index (χ3n) is 4.60. The monoisotopic (exact) mass is 447 g/mol. The number of carbonyl (C=O) groups excluding carboxylic acids is 2. The summed E-state index contributed by atoms with van der Waals surface area (Å²) in [7, 11) is -3.67. The van der Waals surface area contributed by atoms with Crippen molar-refractivity contribution in [1.82, 2.24) is 9.21 Å². The molecule has 1 amide bonds. The fraction of sp³-hybridized carbons (Fsp3) is 0.250. The molecule has 8 nitrogen and oxygen atoms in total. The minimum Gasteiger partial charge on any atom is -0.452 e. The number of hydrogen-bond acceptors (Lipinski definition) is 6. The summed E-state index contributed by atoms with van der Waals surface area (Å²) in [5.41, 5.74) is 0.495. The van der Waals surface area contributed by atoms with Crippen molar-refractivity contribution >= 4 is 33.5 Å².